The highest BCUT2D eigenvalue weighted by Gasteiger charge is 2.31. The molecule has 1 unspecified atom stereocenters. The molecule has 0 radical (unpaired) electrons. The second kappa shape index (κ2) is 8.66. The minimum absolute atomic E-state index is 0.0321. The van der Waals surface area contributed by atoms with Crippen LogP contribution in [0.1, 0.15) is 18.1 Å². The molecule has 0 saturated carbocycles. The molecule has 0 saturated heterocycles. The molecular formula is C19H20F3NO4. The van der Waals surface area contributed by atoms with Crippen LogP contribution < -0.4 is 14.8 Å². The fourth-order valence-electron chi connectivity index (χ4n) is 2.22. The molecule has 2 rings (SSSR count). The van der Waals surface area contributed by atoms with Crippen LogP contribution in [0.2, 0.25) is 0 Å². The van der Waals surface area contributed by atoms with Gasteiger partial charge >= 0.3 is 12.5 Å². The number of hydrogen-bond acceptors (Lipinski definition) is 4. The van der Waals surface area contributed by atoms with Crippen LogP contribution in [0.25, 0.3) is 0 Å². The average Bonchev–Trinajstić information content (AvgIpc) is 2.56. The van der Waals surface area contributed by atoms with Gasteiger partial charge in [0.2, 0.25) is 0 Å². The van der Waals surface area contributed by atoms with E-state index in [9.17, 15) is 18.0 Å². The van der Waals surface area contributed by atoms with Crippen molar-refractivity contribution in [3.8, 4) is 11.5 Å². The van der Waals surface area contributed by atoms with E-state index < -0.39 is 18.6 Å². The summed E-state index contributed by atoms with van der Waals surface area (Å²) in [6, 6.07) is 10.6. The fourth-order valence-corrected chi connectivity index (χ4v) is 2.22. The number of ether oxygens (including phenoxy) is 3. The lowest BCUT2D eigenvalue weighted by Gasteiger charge is -2.16. The summed E-state index contributed by atoms with van der Waals surface area (Å²) in [5, 5.41) is 2.65. The van der Waals surface area contributed by atoms with E-state index in [-0.39, 0.29) is 18.1 Å². The predicted molar refractivity (Wildman–Crippen MR) is 94.1 cm³/mol. The van der Waals surface area contributed by atoms with E-state index in [4.69, 9.17) is 9.47 Å². The molecule has 8 heteroatoms. The highest BCUT2D eigenvalue weighted by molar-refractivity contribution is 5.86. The van der Waals surface area contributed by atoms with Crippen molar-refractivity contribution >= 4 is 11.8 Å². The number of nitrogens with one attached hydrogen (secondary N) is 1. The SMILES string of the molecule is Cc1cccc(NC(=O)OC(C)COc2cccc(OC(F)(F)F)c2)c1C. The maximum Gasteiger partial charge on any atom is 0.573 e. The number of benzene rings is 2. The monoisotopic (exact) mass is 383 g/mol. The summed E-state index contributed by atoms with van der Waals surface area (Å²) in [5.74, 6) is -0.219. The predicted octanol–water partition coefficient (Wildman–Crippen LogP) is 5.22. The topological polar surface area (TPSA) is 56.8 Å². The number of carbonyl (C=O) groups is 1. The van der Waals surface area contributed by atoms with Gasteiger partial charge in [-0.05, 0) is 50.1 Å². The van der Waals surface area contributed by atoms with Gasteiger partial charge in [-0.25, -0.2) is 4.79 Å². The molecule has 0 heterocycles. The van der Waals surface area contributed by atoms with Gasteiger partial charge in [0.25, 0.3) is 0 Å². The Labute approximate surface area is 155 Å². The number of aryl methyl sites for hydroxylation is 1. The molecule has 2 aromatic rings. The number of halogens is 3. The molecule has 5 nitrogen and oxygen atoms in total. The first-order valence-corrected chi connectivity index (χ1v) is 8.16. The molecule has 146 valence electrons. The second-order valence-corrected chi connectivity index (χ2v) is 5.92. The largest absolute Gasteiger partial charge is 0.573 e. The van der Waals surface area contributed by atoms with Crippen LogP contribution in [0.15, 0.2) is 42.5 Å². The van der Waals surface area contributed by atoms with E-state index in [0.29, 0.717) is 5.69 Å². The van der Waals surface area contributed by atoms with Crippen LogP contribution in [-0.4, -0.2) is 25.2 Å². The lowest BCUT2D eigenvalue weighted by molar-refractivity contribution is -0.274. The van der Waals surface area contributed by atoms with E-state index in [1.54, 1.807) is 13.0 Å². The summed E-state index contributed by atoms with van der Waals surface area (Å²) in [6.45, 7) is 5.39. The Morgan fingerprint density at radius 2 is 1.78 bits per heavy atom. The quantitative estimate of drug-likeness (QED) is 0.743. The molecular weight excluding hydrogens is 363 g/mol. The van der Waals surface area contributed by atoms with E-state index in [1.165, 1.54) is 12.1 Å². The van der Waals surface area contributed by atoms with Crippen LogP contribution in [0, 0.1) is 13.8 Å². The number of amides is 1. The molecule has 1 amide bonds. The number of hydrogen-bond donors (Lipinski definition) is 1. The third-order valence-electron chi connectivity index (χ3n) is 3.67. The number of alkyl halides is 3. The van der Waals surface area contributed by atoms with Gasteiger partial charge in [0, 0.05) is 11.8 Å². The van der Waals surface area contributed by atoms with Crippen molar-refractivity contribution < 1.29 is 32.2 Å². The second-order valence-electron chi connectivity index (χ2n) is 5.92. The minimum Gasteiger partial charge on any atom is -0.490 e. The molecule has 27 heavy (non-hydrogen) atoms. The first kappa shape index (κ1) is 20.4. The van der Waals surface area contributed by atoms with Gasteiger partial charge in [-0.2, -0.15) is 0 Å². The Kier molecular flexibility index (Phi) is 6.55. The van der Waals surface area contributed by atoms with Crippen LogP contribution >= 0.6 is 0 Å². The molecule has 0 fully saturated rings. The molecule has 0 bridgehead atoms. The van der Waals surface area contributed by atoms with Crippen LogP contribution in [0.3, 0.4) is 0 Å². The molecule has 0 aromatic heterocycles. The maximum absolute atomic E-state index is 12.2. The van der Waals surface area contributed by atoms with Gasteiger partial charge in [-0.1, -0.05) is 18.2 Å². The summed E-state index contributed by atoms with van der Waals surface area (Å²) >= 11 is 0. The van der Waals surface area contributed by atoms with Crippen LogP contribution in [-0.2, 0) is 4.74 Å². The maximum atomic E-state index is 12.2. The zero-order valence-electron chi connectivity index (χ0n) is 15.1. The van der Waals surface area contributed by atoms with E-state index in [2.05, 4.69) is 10.1 Å². The van der Waals surface area contributed by atoms with Crippen molar-refractivity contribution in [3.05, 3.63) is 53.6 Å². The third-order valence-corrected chi connectivity index (χ3v) is 3.67. The Morgan fingerprint density at radius 1 is 1.11 bits per heavy atom. The molecule has 0 spiro atoms. The summed E-state index contributed by atoms with van der Waals surface area (Å²) in [6.07, 6.45) is -6.04. The van der Waals surface area contributed by atoms with E-state index >= 15 is 0 Å². The normalized spacial score (nSPS) is 12.2. The van der Waals surface area contributed by atoms with Crippen molar-refractivity contribution in [3.63, 3.8) is 0 Å². The Morgan fingerprint density at radius 3 is 2.48 bits per heavy atom. The Hall–Kier alpha value is -2.90. The van der Waals surface area contributed by atoms with Crippen molar-refractivity contribution in [1.29, 1.82) is 0 Å². The van der Waals surface area contributed by atoms with Gasteiger partial charge in [0.05, 0.1) is 0 Å². The smallest absolute Gasteiger partial charge is 0.490 e. The average molecular weight is 383 g/mol. The summed E-state index contributed by atoms with van der Waals surface area (Å²) < 4.78 is 51.1. The van der Waals surface area contributed by atoms with Crippen molar-refractivity contribution in [2.45, 2.75) is 33.2 Å². The lowest BCUT2D eigenvalue weighted by Crippen LogP contribution is -2.25. The molecule has 0 aliphatic carbocycles. The standard InChI is InChI=1S/C19H20F3NO4/c1-12-6-4-9-17(14(12)3)23-18(24)26-13(2)11-25-15-7-5-8-16(10-15)27-19(20,21)22/h4-10,13H,11H2,1-3H3,(H,23,24). The Bertz CT molecular complexity index is 793. The first-order valence-electron chi connectivity index (χ1n) is 8.16. The van der Waals surface area contributed by atoms with Gasteiger partial charge in [-0.3, -0.25) is 5.32 Å². The van der Waals surface area contributed by atoms with Gasteiger partial charge in [0.1, 0.15) is 24.2 Å². The highest BCUT2D eigenvalue weighted by Crippen LogP contribution is 2.26. The number of carbonyl (C=O) groups excluding carboxylic acids is 1. The van der Waals surface area contributed by atoms with Crippen molar-refractivity contribution in [2.24, 2.45) is 0 Å². The van der Waals surface area contributed by atoms with E-state index in [1.807, 2.05) is 26.0 Å². The van der Waals surface area contributed by atoms with Gasteiger partial charge in [-0.15, -0.1) is 13.2 Å². The van der Waals surface area contributed by atoms with Crippen LogP contribution in [0.5, 0.6) is 11.5 Å². The zero-order valence-corrected chi connectivity index (χ0v) is 15.1. The van der Waals surface area contributed by atoms with Crippen molar-refractivity contribution in [1.82, 2.24) is 0 Å². The molecule has 1 atom stereocenters. The minimum atomic E-state index is -4.78. The molecule has 1 N–H and O–H groups in total. The Balaban J connectivity index is 1.85. The zero-order chi connectivity index (χ0) is 20.0. The first-order chi connectivity index (χ1) is 12.6. The summed E-state index contributed by atoms with van der Waals surface area (Å²) in [7, 11) is 0. The summed E-state index contributed by atoms with van der Waals surface area (Å²) in [5.41, 5.74) is 2.61. The number of rotatable bonds is 6. The molecule has 0 aliphatic heterocycles. The third kappa shape index (κ3) is 6.73. The van der Waals surface area contributed by atoms with Crippen LogP contribution in [0.4, 0.5) is 23.7 Å². The molecule has 2 aromatic carbocycles. The van der Waals surface area contributed by atoms with Gasteiger partial charge in [0.15, 0.2) is 0 Å². The van der Waals surface area contributed by atoms with E-state index in [0.717, 1.165) is 23.3 Å². The van der Waals surface area contributed by atoms with Crippen molar-refractivity contribution in [2.75, 3.05) is 11.9 Å². The lowest BCUT2D eigenvalue weighted by atomic mass is 10.1. The molecule has 0 aliphatic rings. The highest BCUT2D eigenvalue weighted by atomic mass is 19.4. The fraction of sp³-hybridized carbons (Fsp3) is 0.316. The van der Waals surface area contributed by atoms with Gasteiger partial charge < -0.3 is 14.2 Å². The summed E-state index contributed by atoms with van der Waals surface area (Å²) in [4.78, 5) is 12.0. The number of anilines is 1.